The Morgan fingerprint density at radius 1 is 1.41 bits per heavy atom. The van der Waals surface area contributed by atoms with Gasteiger partial charge in [-0.15, -0.1) is 12.4 Å². The first-order valence-electron chi connectivity index (χ1n) is 6.80. The molecular weight excluding hydrogens is 330 g/mol. The third kappa shape index (κ3) is 4.39. The molecule has 1 fully saturated rings. The molecule has 1 aliphatic rings. The Balaban J connectivity index is 0.00000242. The molecule has 9 heteroatoms. The van der Waals surface area contributed by atoms with Gasteiger partial charge in [0.05, 0.1) is 9.82 Å². The van der Waals surface area contributed by atoms with Crippen molar-refractivity contribution in [1.82, 2.24) is 10.0 Å². The fraction of sp³-hybridized carbons (Fsp3) is 0.538. The standard InChI is InChI=1S/C13H19N3O4S.ClH/c1-9-7-12(16(17)18)3-4-13(9)21(19,20)15-11-5-6-14-10(2)8-11;/h3-4,7,10-11,14-15H,5-6,8H2,1-2H3;1H. The molecule has 1 aromatic carbocycles. The first kappa shape index (κ1) is 18.8. The number of rotatable bonds is 4. The molecule has 124 valence electrons. The van der Waals surface area contributed by atoms with Crippen LogP contribution in [0.4, 0.5) is 5.69 Å². The van der Waals surface area contributed by atoms with E-state index in [1.54, 1.807) is 6.92 Å². The van der Waals surface area contributed by atoms with Crippen LogP contribution in [0.2, 0.25) is 0 Å². The van der Waals surface area contributed by atoms with E-state index in [1.165, 1.54) is 18.2 Å². The number of hydrogen-bond donors (Lipinski definition) is 2. The number of nitro benzene ring substituents is 1. The lowest BCUT2D eigenvalue weighted by molar-refractivity contribution is -0.385. The van der Waals surface area contributed by atoms with Crippen molar-refractivity contribution in [3.8, 4) is 0 Å². The second-order valence-electron chi connectivity index (χ2n) is 5.40. The molecule has 22 heavy (non-hydrogen) atoms. The van der Waals surface area contributed by atoms with Crippen LogP contribution < -0.4 is 10.0 Å². The van der Waals surface area contributed by atoms with E-state index in [0.717, 1.165) is 19.4 Å². The van der Waals surface area contributed by atoms with Crippen LogP contribution in [0.1, 0.15) is 25.3 Å². The number of hydrogen-bond acceptors (Lipinski definition) is 5. The molecule has 2 N–H and O–H groups in total. The second kappa shape index (κ2) is 7.36. The first-order valence-corrected chi connectivity index (χ1v) is 8.28. The average molecular weight is 350 g/mol. The number of sulfonamides is 1. The number of nitrogens with zero attached hydrogens (tertiary/aromatic N) is 1. The molecule has 2 atom stereocenters. The van der Waals surface area contributed by atoms with E-state index in [9.17, 15) is 18.5 Å². The lowest BCUT2D eigenvalue weighted by Crippen LogP contribution is -2.46. The monoisotopic (exact) mass is 349 g/mol. The van der Waals surface area contributed by atoms with Crippen LogP contribution in [0.5, 0.6) is 0 Å². The molecule has 0 amide bonds. The summed E-state index contributed by atoms with van der Waals surface area (Å²) in [7, 11) is -3.66. The SMILES string of the molecule is Cc1cc([N+](=O)[O-])ccc1S(=O)(=O)NC1CCNC(C)C1.Cl. The Morgan fingerprint density at radius 3 is 2.64 bits per heavy atom. The highest BCUT2D eigenvalue weighted by Crippen LogP contribution is 2.22. The molecular formula is C13H20ClN3O4S. The summed E-state index contributed by atoms with van der Waals surface area (Å²) in [6.07, 6.45) is 1.46. The fourth-order valence-corrected chi connectivity index (χ4v) is 4.08. The highest BCUT2D eigenvalue weighted by molar-refractivity contribution is 7.89. The number of benzene rings is 1. The van der Waals surface area contributed by atoms with E-state index in [0.29, 0.717) is 5.56 Å². The third-order valence-electron chi connectivity index (χ3n) is 3.60. The van der Waals surface area contributed by atoms with Crippen LogP contribution in [-0.4, -0.2) is 32.0 Å². The molecule has 2 rings (SSSR count). The van der Waals surface area contributed by atoms with Crippen LogP contribution in [0.15, 0.2) is 23.1 Å². The molecule has 0 bridgehead atoms. The molecule has 1 aliphatic heterocycles. The van der Waals surface area contributed by atoms with Gasteiger partial charge in [-0.3, -0.25) is 10.1 Å². The highest BCUT2D eigenvalue weighted by Gasteiger charge is 2.26. The van der Waals surface area contributed by atoms with Gasteiger partial charge in [-0.05, 0) is 44.9 Å². The molecule has 0 radical (unpaired) electrons. The minimum absolute atomic E-state index is 0. The van der Waals surface area contributed by atoms with Crippen molar-refractivity contribution >= 4 is 28.1 Å². The molecule has 0 aliphatic carbocycles. The fourth-order valence-electron chi connectivity index (χ4n) is 2.57. The van der Waals surface area contributed by atoms with Gasteiger partial charge in [0.25, 0.3) is 5.69 Å². The molecule has 0 saturated carbocycles. The maximum atomic E-state index is 12.4. The predicted octanol–water partition coefficient (Wildman–Crippen LogP) is 1.74. The summed E-state index contributed by atoms with van der Waals surface area (Å²) in [4.78, 5) is 10.3. The maximum Gasteiger partial charge on any atom is 0.269 e. The number of nitrogens with one attached hydrogen (secondary N) is 2. The predicted molar refractivity (Wildman–Crippen MR) is 85.9 cm³/mol. The van der Waals surface area contributed by atoms with Crippen LogP contribution >= 0.6 is 12.4 Å². The Hall–Kier alpha value is -1.22. The maximum absolute atomic E-state index is 12.4. The molecule has 1 saturated heterocycles. The van der Waals surface area contributed by atoms with E-state index in [-0.39, 0.29) is 35.1 Å². The van der Waals surface area contributed by atoms with Gasteiger partial charge in [0, 0.05) is 24.2 Å². The molecule has 0 aromatic heterocycles. The Kier molecular flexibility index (Phi) is 6.30. The Labute approximate surface area is 136 Å². The van der Waals surface area contributed by atoms with Gasteiger partial charge >= 0.3 is 0 Å². The van der Waals surface area contributed by atoms with E-state index in [1.807, 2.05) is 6.92 Å². The number of piperidine rings is 1. The van der Waals surface area contributed by atoms with Crippen molar-refractivity contribution in [3.05, 3.63) is 33.9 Å². The zero-order valence-corrected chi connectivity index (χ0v) is 14.0. The zero-order valence-electron chi connectivity index (χ0n) is 12.4. The number of halogens is 1. The van der Waals surface area contributed by atoms with E-state index in [2.05, 4.69) is 10.0 Å². The minimum atomic E-state index is -3.66. The van der Waals surface area contributed by atoms with Crippen molar-refractivity contribution in [2.75, 3.05) is 6.54 Å². The van der Waals surface area contributed by atoms with Crippen molar-refractivity contribution < 1.29 is 13.3 Å². The Bertz CT molecular complexity index is 651. The largest absolute Gasteiger partial charge is 0.314 e. The average Bonchev–Trinajstić information content (AvgIpc) is 2.37. The van der Waals surface area contributed by atoms with Gasteiger partial charge in [0.2, 0.25) is 10.0 Å². The smallest absolute Gasteiger partial charge is 0.269 e. The summed E-state index contributed by atoms with van der Waals surface area (Å²) in [5, 5.41) is 14.0. The molecule has 7 nitrogen and oxygen atoms in total. The number of nitro groups is 1. The highest BCUT2D eigenvalue weighted by atomic mass is 35.5. The van der Waals surface area contributed by atoms with Crippen LogP contribution in [0.3, 0.4) is 0 Å². The van der Waals surface area contributed by atoms with Crippen molar-refractivity contribution in [3.63, 3.8) is 0 Å². The van der Waals surface area contributed by atoms with Gasteiger partial charge in [-0.2, -0.15) is 0 Å². The van der Waals surface area contributed by atoms with Gasteiger partial charge in [0.15, 0.2) is 0 Å². The summed E-state index contributed by atoms with van der Waals surface area (Å²) in [5.74, 6) is 0. The molecule has 1 heterocycles. The summed E-state index contributed by atoms with van der Waals surface area (Å²) in [5.41, 5.74) is 0.264. The lowest BCUT2D eigenvalue weighted by atomic mass is 10.0. The molecule has 0 spiro atoms. The van der Waals surface area contributed by atoms with Crippen LogP contribution in [0.25, 0.3) is 0 Å². The number of non-ortho nitro benzene ring substituents is 1. The van der Waals surface area contributed by atoms with Gasteiger partial charge in [-0.1, -0.05) is 0 Å². The summed E-state index contributed by atoms with van der Waals surface area (Å²) in [6, 6.07) is 3.94. The first-order chi connectivity index (χ1) is 9.79. The molecule has 1 aromatic rings. The van der Waals surface area contributed by atoms with Crippen molar-refractivity contribution in [2.24, 2.45) is 0 Å². The van der Waals surface area contributed by atoms with Crippen LogP contribution in [0, 0.1) is 17.0 Å². The normalized spacial score (nSPS) is 21.9. The summed E-state index contributed by atoms with van der Waals surface area (Å²) < 4.78 is 27.5. The lowest BCUT2D eigenvalue weighted by Gasteiger charge is -2.28. The topological polar surface area (TPSA) is 101 Å². The third-order valence-corrected chi connectivity index (χ3v) is 5.29. The zero-order chi connectivity index (χ0) is 15.6. The summed E-state index contributed by atoms with van der Waals surface area (Å²) in [6.45, 7) is 4.35. The molecule has 2 unspecified atom stereocenters. The van der Waals surface area contributed by atoms with E-state index < -0.39 is 14.9 Å². The quantitative estimate of drug-likeness (QED) is 0.637. The number of aryl methyl sites for hydroxylation is 1. The van der Waals surface area contributed by atoms with Crippen molar-refractivity contribution in [2.45, 2.75) is 43.7 Å². The van der Waals surface area contributed by atoms with E-state index in [4.69, 9.17) is 0 Å². The Morgan fingerprint density at radius 2 is 2.09 bits per heavy atom. The van der Waals surface area contributed by atoms with Gasteiger partial charge in [-0.25, -0.2) is 13.1 Å². The van der Waals surface area contributed by atoms with E-state index >= 15 is 0 Å². The van der Waals surface area contributed by atoms with Crippen molar-refractivity contribution in [1.29, 1.82) is 0 Å². The second-order valence-corrected chi connectivity index (χ2v) is 7.09. The minimum Gasteiger partial charge on any atom is -0.314 e. The van der Waals surface area contributed by atoms with Gasteiger partial charge in [0.1, 0.15) is 0 Å². The van der Waals surface area contributed by atoms with Crippen LogP contribution in [-0.2, 0) is 10.0 Å². The van der Waals surface area contributed by atoms with Gasteiger partial charge < -0.3 is 5.32 Å². The summed E-state index contributed by atoms with van der Waals surface area (Å²) >= 11 is 0.